The lowest BCUT2D eigenvalue weighted by molar-refractivity contribution is -0.313. The fraction of sp³-hybridized carbons (Fsp3) is 0.478. The monoisotopic (exact) mass is 412 g/mol. The van der Waals surface area contributed by atoms with Crippen LogP contribution in [-0.4, -0.2) is 55.3 Å². The molecule has 7 nitrogen and oxygen atoms in total. The van der Waals surface area contributed by atoms with Gasteiger partial charge in [0.05, 0.1) is 32.3 Å². The number of carboxylic acid groups (broad SMARTS) is 1. The molecular formula is C23H26NO6-. The van der Waals surface area contributed by atoms with E-state index >= 15 is 0 Å². The smallest absolute Gasteiger partial charge is 0.230 e. The van der Waals surface area contributed by atoms with E-state index in [1.54, 1.807) is 25.2 Å². The molecule has 160 valence electrons. The van der Waals surface area contributed by atoms with E-state index in [0.29, 0.717) is 30.9 Å². The molecule has 0 radical (unpaired) electrons. The zero-order valence-corrected chi connectivity index (χ0v) is 17.4. The molecule has 1 aromatic carbocycles. The van der Waals surface area contributed by atoms with Gasteiger partial charge in [0.2, 0.25) is 5.91 Å². The Balaban J connectivity index is 1.61. The molecule has 3 aliphatic heterocycles. The van der Waals surface area contributed by atoms with Gasteiger partial charge >= 0.3 is 0 Å². The van der Waals surface area contributed by atoms with Crippen LogP contribution in [0.1, 0.15) is 18.9 Å². The predicted octanol–water partition coefficient (Wildman–Crippen LogP) is 1.11. The van der Waals surface area contributed by atoms with Gasteiger partial charge in [0.25, 0.3) is 0 Å². The first-order chi connectivity index (χ1) is 14.3. The molecule has 4 rings (SSSR count). The van der Waals surface area contributed by atoms with Crippen LogP contribution in [0, 0.1) is 11.8 Å². The molecule has 3 aliphatic rings. The van der Waals surface area contributed by atoms with Gasteiger partial charge in [-0.2, -0.15) is 0 Å². The summed E-state index contributed by atoms with van der Waals surface area (Å²) in [4.78, 5) is 26.9. The lowest BCUT2D eigenvalue weighted by Gasteiger charge is -2.33. The lowest BCUT2D eigenvalue weighted by Crippen LogP contribution is -2.46. The number of fused-ring (bicyclic) bond motifs is 1. The Kier molecular flexibility index (Phi) is 5.10. The molecule has 0 aliphatic carbocycles. The maximum Gasteiger partial charge on any atom is 0.230 e. The molecule has 2 saturated heterocycles. The van der Waals surface area contributed by atoms with Crippen molar-refractivity contribution in [2.45, 2.75) is 37.5 Å². The third-order valence-electron chi connectivity index (χ3n) is 6.44. The molecule has 5 atom stereocenters. The number of carbonyl (C=O) groups is 2. The Morgan fingerprint density at radius 3 is 2.67 bits per heavy atom. The van der Waals surface area contributed by atoms with Gasteiger partial charge in [-0.05, 0) is 37.5 Å². The number of benzene rings is 1. The second kappa shape index (κ2) is 7.47. The minimum Gasteiger partial charge on any atom is -0.550 e. The number of hydrogen-bond donors (Lipinski definition) is 0. The van der Waals surface area contributed by atoms with Gasteiger partial charge < -0.3 is 29.0 Å². The highest BCUT2D eigenvalue weighted by molar-refractivity contribution is 5.91. The Labute approximate surface area is 175 Å². The van der Waals surface area contributed by atoms with Crippen LogP contribution in [-0.2, 0) is 20.7 Å². The molecular weight excluding hydrogens is 386 g/mol. The van der Waals surface area contributed by atoms with Crippen molar-refractivity contribution in [2.24, 2.45) is 11.8 Å². The molecule has 1 aromatic rings. The number of carboxylic acids is 1. The van der Waals surface area contributed by atoms with E-state index in [1.807, 2.05) is 31.2 Å². The number of hydrogen-bond acceptors (Lipinski definition) is 6. The summed E-state index contributed by atoms with van der Waals surface area (Å²) in [6, 6.07) is 5.36. The maximum atomic E-state index is 13.4. The summed E-state index contributed by atoms with van der Waals surface area (Å²) in [5.41, 5.74) is 0.973. The molecule has 30 heavy (non-hydrogen) atoms. The molecule has 7 heteroatoms. The molecule has 0 unspecified atom stereocenters. The van der Waals surface area contributed by atoms with Crippen LogP contribution in [0.3, 0.4) is 0 Å². The van der Waals surface area contributed by atoms with Crippen molar-refractivity contribution in [3.05, 3.63) is 48.1 Å². The van der Waals surface area contributed by atoms with Crippen LogP contribution in [0.4, 0.5) is 0 Å². The van der Waals surface area contributed by atoms with Crippen molar-refractivity contribution in [1.82, 2.24) is 4.90 Å². The van der Waals surface area contributed by atoms with Gasteiger partial charge in [-0.1, -0.05) is 23.8 Å². The second-order valence-corrected chi connectivity index (χ2v) is 8.27. The van der Waals surface area contributed by atoms with Gasteiger partial charge in [-0.3, -0.25) is 4.79 Å². The summed E-state index contributed by atoms with van der Waals surface area (Å²) in [7, 11) is 3.16. The average Bonchev–Trinajstić information content (AvgIpc) is 3.35. The molecule has 1 spiro atoms. The maximum absolute atomic E-state index is 13.4. The van der Waals surface area contributed by atoms with Gasteiger partial charge in [-0.15, -0.1) is 6.58 Å². The van der Waals surface area contributed by atoms with Crippen LogP contribution in [0.5, 0.6) is 11.5 Å². The third-order valence-corrected chi connectivity index (χ3v) is 6.44. The summed E-state index contributed by atoms with van der Waals surface area (Å²) in [6.07, 6.45) is 4.16. The van der Waals surface area contributed by atoms with E-state index in [2.05, 4.69) is 6.58 Å². The van der Waals surface area contributed by atoms with Crippen molar-refractivity contribution in [1.29, 1.82) is 0 Å². The minimum absolute atomic E-state index is 0.192. The van der Waals surface area contributed by atoms with Gasteiger partial charge in [0.15, 0.2) is 11.5 Å². The van der Waals surface area contributed by atoms with Crippen molar-refractivity contribution in [3.8, 4) is 11.5 Å². The minimum atomic E-state index is -1.24. The van der Waals surface area contributed by atoms with Crippen molar-refractivity contribution >= 4 is 11.9 Å². The SMILES string of the molecule is C=C(C)C[C@@H]1N(CCc2ccc(OC)c(OC)c2)C(=O)[C@@H]2[C@@H](C(=O)[O-])[C@@H]3C=C[C@]21O3. The quantitative estimate of drug-likeness (QED) is 0.595. The van der Waals surface area contributed by atoms with Gasteiger partial charge in [-0.25, -0.2) is 0 Å². The second-order valence-electron chi connectivity index (χ2n) is 8.27. The zero-order chi connectivity index (χ0) is 21.6. The largest absolute Gasteiger partial charge is 0.550 e. The normalized spacial score (nSPS) is 31.2. The zero-order valence-electron chi connectivity index (χ0n) is 17.4. The highest BCUT2D eigenvalue weighted by Crippen LogP contribution is 2.55. The van der Waals surface area contributed by atoms with E-state index in [1.165, 1.54) is 0 Å². The number of amides is 1. The number of rotatable bonds is 8. The van der Waals surface area contributed by atoms with Gasteiger partial charge in [0.1, 0.15) is 5.60 Å². The summed E-state index contributed by atoms with van der Waals surface area (Å²) in [6.45, 7) is 6.35. The molecule has 0 N–H and O–H groups in total. The number of aliphatic carboxylic acids is 1. The first-order valence-corrected chi connectivity index (χ1v) is 10.1. The molecule has 1 amide bonds. The summed E-state index contributed by atoms with van der Waals surface area (Å²) < 4.78 is 16.8. The van der Waals surface area contributed by atoms with Crippen molar-refractivity contribution < 1.29 is 28.9 Å². The summed E-state index contributed by atoms with van der Waals surface area (Å²) in [5, 5.41) is 11.8. The number of ether oxygens (including phenoxy) is 3. The predicted molar refractivity (Wildman–Crippen MR) is 107 cm³/mol. The first-order valence-electron chi connectivity index (χ1n) is 10.1. The van der Waals surface area contributed by atoms with Crippen LogP contribution >= 0.6 is 0 Å². The highest BCUT2D eigenvalue weighted by Gasteiger charge is 2.69. The van der Waals surface area contributed by atoms with E-state index in [9.17, 15) is 14.7 Å². The number of likely N-dealkylation sites (tertiary alicyclic amines) is 1. The van der Waals surface area contributed by atoms with Crippen molar-refractivity contribution in [2.75, 3.05) is 20.8 Å². The van der Waals surface area contributed by atoms with Crippen molar-refractivity contribution in [3.63, 3.8) is 0 Å². The average molecular weight is 412 g/mol. The first kappa shape index (κ1) is 20.5. The van der Waals surface area contributed by atoms with Crippen LogP contribution in [0.2, 0.25) is 0 Å². The summed E-state index contributed by atoms with van der Waals surface area (Å²) >= 11 is 0. The molecule has 0 saturated carbocycles. The van der Waals surface area contributed by atoms with Crippen LogP contribution in [0.25, 0.3) is 0 Å². The lowest BCUT2D eigenvalue weighted by atomic mass is 9.74. The van der Waals surface area contributed by atoms with E-state index in [4.69, 9.17) is 14.2 Å². The third kappa shape index (κ3) is 2.99. The molecule has 2 fully saturated rings. The number of nitrogens with zero attached hydrogens (tertiary/aromatic N) is 1. The Hall–Kier alpha value is -2.80. The Morgan fingerprint density at radius 1 is 1.30 bits per heavy atom. The number of carbonyl (C=O) groups excluding carboxylic acids is 2. The van der Waals surface area contributed by atoms with E-state index in [0.717, 1.165) is 11.1 Å². The molecule has 2 bridgehead atoms. The Morgan fingerprint density at radius 2 is 2.03 bits per heavy atom. The topological polar surface area (TPSA) is 88.1 Å². The highest BCUT2D eigenvalue weighted by atomic mass is 16.5. The number of methoxy groups -OCH3 is 2. The van der Waals surface area contributed by atoms with Gasteiger partial charge in [0, 0.05) is 18.4 Å². The molecule has 0 aromatic heterocycles. The fourth-order valence-corrected chi connectivity index (χ4v) is 5.14. The standard InChI is InChI=1S/C23H27NO6/c1-13(2)11-18-23-9-7-16(30-23)19(22(26)27)20(23)21(25)24(18)10-8-14-5-6-15(28-3)17(12-14)29-4/h5-7,9,12,16,18-20H,1,8,10-11H2,2-4H3,(H,26,27)/p-1/t16-,18-,19-,20-,23+/m0/s1. The van der Waals surface area contributed by atoms with Crippen LogP contribution < -0.4 is 14.6 Å². The van der Waals surface area contributed by atoms with E-state index < -0.39 is 29.5 Å². The summed E-state index contributed by atoms with van der Waals surface area (Å²) in [5.74, 6) is -1.88. The Bertz CT molecular complexity index is 924. The van der Waals surface area contributed by atoms with Crippen LogP contribution in [0.15, 0.2) is 42.5 Å². The van der Waals surface area contributed by atoms with E-state index in [-0.39, 0.29) is 11.9 Å². The fourth-order valence-electron chi connectivity index (χ4n) is 5.14. The molecule has 3 heterocycles.